The lowest BCUT2D eigenvalue weighted by molar-refractivity contribution is 0.0693. The highest BCUT2D eigenvalue weighted by atomic mass is 79.9. The Morgan fingerprint density at radius 3 is 3.07 bits per heavy atom. The molecule has 2 rings (SSSR count). The van der Waals surface area contributed by atoms with Crippen LogP contribution in [0, 0.1) is 0 Å². The van der Waals surface area contributed by atoms with Crippen molar-refractivity contribution in [1.82, 2.24) is 5.16 Å². The van der Waals surface area contributed by atoms with Crippen molar-refractivity contribution in [2.24, 2.45) is 0 Å². The second-order valence-electron chi connectivity index (χ2n) is 3.02. The van der Waals surface area contributed by atoms with Gasteiger partial charge in [-0.3, -0.25) is 0 Å². The van der Waals surface area contributed by atoms with E-state index in [9.17, 15) is 4.79 Å². The SMILES string of the molecule is O=C(O)c1c(Br)noc1C1CCCS1. The van der Waals surface area contributed by atoms with E-state index in [1.165, 1.54) is 0 Å². The fraction of sp³-hybridized carbons (Fsp3) is 0.500. The van der Waals surface area contributed by atoms with E-state index in [0.29, 0.717) is 5.76 Å². The quantitative estimate of drug-likeness (QED) is 0.901. The van der Waals surface area contributed by atoms with Crippen LogP contribution < -0.4 is 0 Å². The van der Waals surface area contributed by atoms with Gasteiger partial charge in [-0.15, -0.1) is 0 Å². The first-order valence-corrected chi connectivity index (χ1v) is 6.04. The smallest absolute Gasteiger partial charge is 0.342 e. The van der Waals surface area contributed by atoms with E-state index < -0.39 is 5.97 Å². The predicted octanol–water partition coefficient (Wildman–Crippen LogP) is 2.70. The Kier molecular flexibility index (Phi) is 2.83. The van der Waals surface area contributed by atoms with E-state index in [0.717, 1.165) is 18.6 Å². The zero-order valence-corrected chi connectivity index (χ0v) is 9.60. The average Bonchev–Trinajstić information content (AvgIpc) is 2.70. The van der Waals surface area contributed by atoms with Gasteiger partial charge in [-0.05, 0) is 34.5 Å². The lowest BCUT2D eigenvalue weighted by Gasteiger charge is -2.03. The Bertz CT molecular complexity index is 359. The van der Waals surface area contributed by atoms with Crippen LogP contribution >= 0.6 is 27.7 Å². The molecule has 14 heavy (non-hydrogen) atoms. The third-order valence-electron chi connectivity index (χ3n) is 2.11. The fourth-order valence-corrected chi connectivity index (χ4v) is 3.18. The van der Waals surface area contributed by atoms with Gasteiger partial charge in [0.2, 0.25) is 0 Å². The highest BCUT2D eigenvalue weighted by Gasteiger charge is 2.29. The molecule has 1 N–H and O–H groups in total. The van der Waals surface area contributed by atoms with Crippen molar-refractivity contribution in [2.75, 3.05) is 5.75 Å². The maximum Gasteiger partial charge on any atom is 0.342 e. The molecular weight excluding hydrogens is 270 g/mol. The van der Waals surface area contributed by atoms with E-state index in [1.54, 1.807) is 11.8 Å². The minimum absolute atomic E-state index is 0.153. The van der Waals surface area contributed by atoms with Crippen molar-refractivity contribution in [1.29, 1.82) is 0 Å². The van der Waals surface area contributed by atoms with Crippen molar-refractivity contribution >= 4 is 33.7 Å². The number of carboxylic acids is 1. The van der Waals surface area contributed by atoms with Crippen LogP contribution in [-0.2, 0) is 0 Å². The molecule has 1 fully saturated rings. The maximum absolute atomic E-state index is 10.9. The topological polar surface area (TPSA) is 63.3 Å². The summed E-state index contributed by atoms with van der Waals surface area (Å²) in [5.74, 6) is 0.565. The molecule has 0 bridgehead atoms. The minimum Gasteiger partial charge on any atom is -0.477 e. The minimum atomic E-state index is -0.986. The lowest BCUT2D eigenvalue weighted by Crippen LogP contribution is -2.01. The van der Waals surface area contributed by atoms with E-state index in [-0.39, 0.29) is 15.4 Å². The van der Waals surface area contributed by atoms with Gasteiger partial charge in [0.1, 0.15) is 5.56 Å². The van der Waals surface area contributed by atoms with Gasteiger partial charge in [-0.25, -0.2) is 4.79 Å². The van der Waals surface area contributed by atoms with Gasteiger partial charge in [0.25, 0.3) is 0 Å². The third kappa shape index (κ3) is 1.68. The van der Waals surface area contributed by atoms with Crippen molar-refractivity contribution in [3.8, 4) is 0 Å². The molecule has 1 unspecified atom stereocenters. The number of carboxylic acid groups (broad SMARTS) is 1. The number of aromatic carboxylic acids is 1. The molecule has 6 heteroatoms. The normalized spacial score (nSPS) is 21.4. The molecule has 1 saturated heterocycles. The molecule has 0 amide bonds. The summed E-state index contributed by atoms with van der Waals surface area (Å²) < 4.78 is 5.33. The van der Waals surface area contributed by atoms with Gasteiger partial charge in [0, 0.05) is 0 Å². The summed E-state index contributed by atoms with van der Waals surface area (Å²) in [6, 6.07) is 0. The Labute approximate surface area is 93.2 Å². The fourth-order valence-electron chi connectivity index (χ4n) is 1.48. The number of hydrogen-bond acceptors (Lipinski definition) is 4. The maximum atomic E-state index is 10.9. The monoisotopic (exact) mass is 277 g/mol. The van der Waals surface area contributed by atoms with Crippen LogP contribution in [0.3, 0.4) is 0 Å². The molecular formula is C8H8BrNO3S. The number of aromatic nitrogens is 1. The van der Waals surface area contributed by atoms with Crippen molar-refractivity contribution in [2.45, 2.75) is 18.1 Å². The molecule has 0 aliphatic carbocycles. The summed E-state index contributed by atoms with van der Waals surface area (Å²) in [6.45, 7) is 0. The summed E-state index contributed by atoms with van der Waals surface area (Å²) >= 11 is 4.79. The largest absolute Gasteiger partial charge is 0.477 e. The summed E-state index contributed by atoms with van der Waals surface area (Å²) in [7, 11) is 0. The third-order valence-corrected chi connectivity index (χ3v) is 4.03. The van der Waals surface area contributed by atoms with Crippen LogP contribution in [0.4, 0.5) is 0 Å². The van der Waals surface area contributed by atoms with Crippen LogP contribution in [0.25, 0.3) is 0 Å². The van der Waals surface area contributed by atoms with E-state index in [4.69, 9.17) is 9.63 Å². The van der Waals surface area contributed by atoms with Gasteiger partial charge in [0.05, 0.1) is 5.25 Å². The van der Waals surface area contributed by atoms with Crippen LogP contribution in [0.5, 0.6) is 0 Å². The average molecular weight is 278 g/mol. The molecule has 1 aromatic rings. The van der Waals surface area contributed by atoms with Gasteiger partial charge in [-0.1, -0.05) is 5.16 Å². The number of hydrogen-bond donors (Lipinski definition) is 1. The Balaban J connectivity index is 2.37. The molecule has 0 aromatic carbocycles. The van der Waals surface area contributed by atoms with Gasteiger partial charge < -0.3 is 9.63 Å². The predicted molar refractivity (Wildman–Crippen MR) is 55.6 cm³/mol. The van der Waals surface area contributed by atoms with Crippen molar-refractivity contribution < 1.29 is 14.4 Å². The molecule has 0 spiro atoms. The molecule has 1 atom stereocenters. The van der Waals surface area contributed by atoms with E-state index in [1.807, 2.05) is 0 Å². The molecule has 76 valence electrons. The first kappa shape index (κ1) is 10.0. The van der Waals surface area contributed by atoms with E-state index >= 15 is 0 Å². The van der Waals surface area contributed by atoms with E-state index in [2.05, 4.69) is 21.1 Å². The van der Waals surface area contributed by atoms with Crippen molar-refractivity contribution in [3.63, 3.8) is 0 Å². The second kappa shape index (κ2) is 3.94. The standard InChI is InChI=1S/C8H8BrNO3S/c9-7-5(8(11)12)6(13-10-7)4-2-1-3-14-4/h4H,1-3H2,(H,11,12). The first-order valence-electron chi connectivity index (χ1n) is 4.20. The molecule has 1 aliphatic rings. The van der Waals surface area contributed by atoms with Crippen LogP contribution in [0.1, 0.15) is 34.2 Å². The van der Waals surface area contributed by atoms with Gasteiger partial charge in [0.15, 0.2) is 10.4 Å². The van der Waals surface area contributed by atoms with Crippen molar-refractivity contribution in [3.05, 3.63) is 15.9 Å². The summed E-state index contributed by atoms with van der Waals surface area (Å²) in [5.41, 5.74) is 0.171. The molecule has 2 heterocycles. The van der Waals surface area contributed by atoms with Crippen LogP contribution in [0.15, 0.2) is 9.13 Å². The zero-order chi connectivity index (χ0) is 10.1. The Morgan fingerprint density at radius 2 is 2.50 bits per heavy atom. The summed E-state index contributed by atoms with van der Waals surface area (Å²) in [5, 5.41) is 12.7. The highest BCUT2D eigenvalue weighted by Crippen LogP contribution is 2.42. The number of nitrogens with zero attached hydrogens (tertiary/aromatic N) is 1. The van der Waals surface area contributed by atoms with Gasteiger partial charge in [-0.2, -0.15) is 11.8 Å². The summed E-state index contributed by atoms with van der Waals surface area (Å²) in [6.07, 6.45) is 2.07. The molecule has 1 aliphatic heterocycles. The second-order valence-corrected chi connectivity index (χ2v) is 5.08. The van der Waals surface area contributed by atoms with Crippen LogP contribution in [0.2, 0.25) is 0 Å². The molecule has 0 saturated carbocycles. The van der Waals surface area contributed by atoms with Crippen LogP contribution in [-0.4, -0.2) is 22.0 Å². The lowest BCUT2D eigenvalue weighted by atomic mass is 10.1. The van der Waals surface area contributed by atoms with Gasteiger partial charge >= 0.3 is 5.97 Å². The number of rotatable bonds is 2. The molecule has 0 radical (unpaired) electrons. The zero-order valence-electron chi connectivity index (χ0n) is 7.20. The number of halogens is 1. The number of thioether (sulfide) groups is 1. The first-order chi connectivity index (χ1) is 6.70. The molecule has 1 aromatic heterocycles. The summed E-state index contributed by atoms with van der Waals surface area (Å²) in [4.78, 5) is 10.9. The Morgan fingerprint density at radius 1 is 1.71 bits per heavy atom. The highest BCUT2D eigenvalue weighted by molar-refractivity contribution is 9.10. The number of carbonyl (C=O) groups is 1. The molecule has 4 nitrogen and oxygen atoms in total. The Hall–Kier alpha value is -0.490.